The van der Waals surface area contributed by atoms with E-state index in [1.807, 2.05) is 25.1 Å². The maximum atomic E-state index is 12.5. The van der Waals surface area contributed by atoms with Gasteiger partial charge >= 0.3 is 0 Å². The van der Waals surface area contributed by atoms with Crippen LogP contribution in [0.25, 0.3) is 0 Å². The van der Waals surface area contributed by atoms with Gasteiger partial charge in [0.2, 0.25) is 5.91 Å². The molecule has 25 heavy (non-hydrogen) atoms. The molecule has 0 spiro atoms. The van der Waals surface area contributed by atoms with Crippen molar-refractivity contribution in [3.8, 4) is 0 Å². The van der Waals surface area contributed by atoms with Crippen molar-refractivity contribution < 1.29 is 9.53 Å². The molecule has 0 saturated carbocycles. The lowest BCUT2D eigenvalue weighted by Crippen LogP contribution is -2.50. The van der Waals surface area contributed by atoms with Crippen LogP contribution in [0.2, 0.25) is 0 Å². The van der Waals surface area contributed by atoms with E-state index in [4.69, 9.17) is 4.74 Å². The number of carbonyl (C=O) groups excluding carboxylic acids is 1. The van der Waals surface area contributed by atoms with E-state index in [9.17, 15) is 4.79 Å². The topological polar surface area (TPSA) is 41.6 Å². The molecule has 1 saturated heterocycles. The van der Waals surface area contributed by atoms with E-state index >= 15 is 0 Å². The second-order valence-electron chi connectivity index (χ2n) is 7.09. The monoisotopic (exact) mass is 342 g/mol. The van der Waals surface area contributed by atoms with E-state index in [0.717, 1.165) is 26.1 Å². The lowest BCUT2D eigenvalue weighted by molar-refractivity contribution is -0.129. The van der Waals surface area contributed by atoms with E-state index in [0.29, 0.717) is 6.61 Å². The molecule has 2 atom stereocenters. The van der Waals surface area contributed by atoms with Crippen molar-refractivity contribution in [1.82, 2.24) is 10.2 Å². The summed E-state index contributed by atoms with van der Waals surface area (Å²) in [4.78, 5) is 14.7. The highest BCUT2D eigenvalue weighted by Gasteiger charge is 2.28. The van der Waals surface area contributed by atoms with Crippen LogP contribution in [0.15, 0.2) is 42.0 Å². The zero-order chi connectivity index (χ0) is 17.5. The lowest BCUT2D eigenvalue weighted by atomic mass is 9.97. The minimum atomic E-state index is -0.115. The summed E-state index contributed by atoms with van der Waals surface area (Å²) < 4.78 is 5.90. The molecule has 1 aromatic rings. The van der Waals surface area contributed by atoms with E-state index in [1.165, 1.54) is 36.8 Å². The van der Waals surface area contributed by atoms with Gasteiger partial charge in [-0.1, -0.05) is 42.0 Å². The van der Waals surface area contributed by atoms with Gasteiger partial charge in [-0.2, -0.15) is 0 Å². The van der Waals surface area contributed by atoms with Crippen molar-refractivity contribution in [3.63, 3.8) is 0 Å². The largest absolute Gasteiger partial charge is 0.371 e. The van der Waals surface area contributed by atoms with Crippen molar-refractivity contribution in [3.05, 3.63) is 47.5 Å². The maximum Gasteiger partial charge on any atom is 0.237 e. The van der Waals surface area contributed by atoms with Crippen molar-refractivity contribution in [1.29, 1.82) is 0 Å². The van der Waals surface area contributed by atoms with Crippen LogP contribution in [-0.2, 0) is 9.53 Å². The second kappa shape index (κ2) is 9.16. The molecule has 1 amide bonds. The predicted molar refractivity (Wildman–Crippen MR) is 100 cm³/mol. The van der Waals surface area contributed by atoms with Gasteiger partial charge in [0.05, 0.1) is 18.8 Å². The van der Waals surface area contributed by atoms with Gasteiger partial charge in [0, 0.05) is 19.6 Å². The number of carbonyl (C=O) groups is 1. The number of rotatable bonds is 6. The number of nitrogens with zero attached hydrogens (tertiary/aromatic N) is 1. The molecule has 1 N–H and O–H groups in total. The van der Waals surface area contributed by atoms with Gasteiger partial charge in [0.15, 0.2) is 0 Å². The number of hydrogen-bond acceptors (Lipinski definition) is 3. The van der Waals surface area contributed by atoms with Gasteiger partial charge in [-0.3, -0.25) is 9.69 Å². The van der Waals surface area contributed by atoms with Gasteiger partial charge in [-0.05, 0) is 44.6 Å². The fourth-order valence-corrected chi connectivity index (χ4v) is 3.68. The van der Waals surface area contributed by atoms with Crippen LogP contribution in [0.3, 0.4) is 0 Å². The molecule has 2 unspecified atom stereocenters. The standard InChI is InChI=1S/C21H30N2O2/c1-17(21(24)22-13-12-18-8-4-2-5-9-18)23-14-15-25-20(16-23)19-10-6-3-7-11-19/h3,6-8,10-11,17,20H,2,4-5,9,12-16H2,1H3,(H,22,24). The Morgan fingerprint density at radius 1 is 1.32 bits per heavy atom. The number of ether oxygens (including phenoxy) is 1. The SMILES string of the molecule is CC(C(=O)NCCC1=CCCCC1)N1CCOC(c2ccccc2)C1. The van der Waals surface area contributed by atoms with E-state index in [2.05, 4.69) is 28.4 Å². The van der Waals surface area contributed by atoms with E-state index in [-0.39, 0.29) is 18.1 Å². The maximum absolute atomic E-state index is 12.5. The average molecular weight is 342 g/mol. The van der Waals surface area contributed by atoms with Crippen LogP contribution in [0.4, 0.5) is 0 Å². The van der Waals surface area contributed by atoms with Crippen molar-refractivity contribution in [2.45, 2.75) is 51.2 Å². The van der Waals surface area contributed by atoms with Gasteiger partial charge < -0.3 is 10.1 Å². The number of hydrogen-bond donors (Lipinski definition) is 1. The van der Waals surface area contributed by atoms with Crippen LogP contribution < -0.4 is 5.32 Å². The third-order valence-corrected chi connectivity index (χ3v) is 5.33. The summed E-state index contributed by atoms with van der Waals surface area (Å²) in [7, 11) is 0. The summed E-state index contributed by atoms with van der Waals surface area (Å²) in [6, 6.07) is 10.2. The van der Waals surface area contributed by atoms with Gasteiger partial charge in [0.25, 0.3) is 0 Å². The Balaban J connectivity index is 1.47. The zero-order valence-electron chi connectivity index (χ0n) is 15.2. The number of allylic oxidation sites excluding steroid dienone is 1. The van der Waals surface area contributed by atoms with Crippen LogP contribution in [-0.4, -0.2) is 43.1 Å². The summed E-state index contributed by atoms with van der Waals surface area (Å²) in [6.45, 7) is 5.00. The third kappa shape index (κ3) is 5.16. The molecular weight excluding hydrogens is 312 g/mol. The summed E-state index contributed by atoms with van der Waals surface area (Å²) >= 11 is 0. The van der Waals surface area contributed by atoms with Crippen LogP contribution in [0.5, 0.6) is 0 Å². The number of benzene rings is 1. The Morgan fingerprint density at radius 2 is 2.16 bits per heavy atom. The van der Waals surface area contributed by atoms with Crippen molar-refractivity contribution in [2.75, 3.05) is 26.2 Å². The molecule has 1 aliphatic carbocycles. The quantitative estimate of drug-likeness (QED) is 0.805. The first-order valence-corrected chi connectivity index (χ1v) is 9.60. The molecule has 0 radical (unpaired) electrons. The first kappa shape index (κ1) is 18.2. The Labute approximate surface area is 151 Å². The Bertz CT molecular complexity index is 585. The Morgan fingerprint density at radius 3 is 2.92 bits per heavy atom. The van der Waals surface area contributed by atoms with Crippen LogP contribution in [0.1, 0.15) is 50.7 Å². The Hall–Kier alpha value is -1.65. The summed E-state index contributed by atoms with van der Waals surface area (Å²) in [5, 5.41) is 3.12. The summed E-state index contributed by atoms with van der Waals surface area (Å²) in [5.41, 5.74) is 2.69. The molecule has 3 rings (SSSR count). The molecular formula is C21H30N2O2. The molecule has 1 aliphatic heterocycles. The fourth-order valence-electron chi connectivity index (χ4n) is 3.68. The number of morpholine rings is 1. The summed E-state index contributed by atoms with van der Waals surface area (Å²) in [5.74, 6) is 0.130. The molecule has 136 valence electrons. The van der Waals surface area contributed by atoms with Crippen molar-refractivity contribution in [2.24, 2.45) is 0 Å². The van der Waals surface area contributed by atoms with E-state index in [1.54, 1.807) is 0 Å². The third-order valence-electron chi connectivity index (χ3n) is 5.33. The lowest BCUT2D eigenvalue weighted by Gasteiger charge is -2.36. The highest BCUT2D eigenvalue weighted by atomic mass is 16.5. The molecule has 4 heteroatoms. The molecule has 1 heterocycles. The number of nitrogens with one attached hydrogen (secondary N) is 1. The van der Waals surface area contributed by atoms with Gasteiger partial charge in [-0.15, -0.1) is 0 Å². The minimum Gasteiger partial charge on any atom is -0.371 e. The second-order valence-corrected chi connectivity index (χ2v) is 7.09. The predicted octanol–water partition coefficient (Wildman–Crippen LogP) is 3.46. The van der Waals surface area contributed by atoms with Gasteiger partial charge in [0.1, 0.15) is 0 Å². The summed E-state index contributed by atoms with van der Waals surface area (Å²) in [6.07, 6.45) is 8.41. The molecule has 0 aromatic heterocycles. The van der Waals surface area contributed by atoms with Gasteiger partial charge in [-0.25, -0.2) is 0 Å². The molecule has 4 nitrogen and oxygen atoms in total. The fraction of sp³-hybridized carbons (Fsp3) is 0.571. The van der Waals surface area contributed by atoms with Crippen molar-refractivity contribution >= 4 is 5.91 Å². The average Bonchev–Trinajstić information content (AvgIpc) is 2.69. The minimum absolute atomic E-state index is 0.0533. The zero-order valence-corrected chi connectivity index (χ0v) is 15.2. The molecule has 0 bridgehead atoms. The van der Waals surface area contributed by atoms with Crippen LogP contribution >= 0.6 is 0 Å². The number of amides is 1. The highest BCUT2D eigenvalue weighted by Crippen LogP contribution is 2.23. The highest BCUT2D eigenvalue weighted by molar-refractivity contribution is 5.81. The normalized spacial score (nSPS) is 22.9. The van der Waals surface area contributed by atoms with Crippen LogP contribution in [0, 0.1) is 0 Å². The van der Waals surface area contributed by atoms with E-state index < -0.39 is 0 Å². The molecule has 2 aliphatic rings. The first-order valence-electron chi connectivity index (χ1n) is 9.60. The first-order chi connectivity index (χ1) is 12.2. The smallest absolute Gasteiger partial charge is 0.237 e. The Kier molecular flexibility index (Phi) is 6.65. The molecule has 1 aromatic carbocycles. The molecule has 1 fully saturated rings.